The monoisotopic (exact) mass is 497 g/mol. The predicted octanol–water partition coefficient (Wildman–Crippen LogP) is 2.80. The highest BCUT2D eigenvalue weighted by Gasteiger charge is 2.54. The number of ether oxygens (including phenoxy) is 2. The van der Waals surface area contributed by atoms with Crippen LogP contribution in [-0.2, 0) is 18.8 Å². The molecule has 0 bridgehead atoms. The number of carbonyl (C=O) groups is 2. The molecule has 1 saturated heterocycles. The van der Waals surface area contributed by atoms with E-state index in [0.29, 0.717) is 24.3 Å². The van der Waals surface area contributed by atoms with Crippen molar-refractivity contribution in [1.29, 1.82) is 0 Å². The van der Waals surface area contributed by atoms with Crippen LogP contribution in [0.15, 0.2) is 42.5 Å². The second kappa shape index (κ2) is 11.4. The fourth-order valence-electron chi connectivity index (χ4n) is 3.95. The van der Waals surface area contributed by atoms with Gasteiger partial charge in [0.2, 0.25) is 5.91 Å². The average molecular weight is 497 g/mol. The van der Waals surface area contributed by atoms with Crippen LogP contribution in [0.3, 0.4) is 0 Å². The van der Waals surface area contributed by atoms with Crippen molar-refractivity contribution in [3.05, 3.63) is 59.4 Å². The first-order valence-corrected chi connectivity index (χ1v) is 12.1. The van der Waals surface area contributed by atoms with Gasteiger partial charge in [0.25, 0.3) is 5.91 Å². The normalized spacial score (nSPS) is 17.9. The number of primary amides is 1. The van der Waals surface area contributed by atoms with Gasteiger partial charge in [-0.2, -0.15) is 0 Å². The lowest BCUT2D eigenvalue weighted by Crippen LogP contribution is -2.50. The number of amides is 2. The minimum Gasteiger partial charge on any atom is -0.494 e. The van der Waals surface area contributed by atoms with Gasteiger partial charge < -0.3 is 29.8 Å². The highest BCUT2D eigenvalue weighted by Crippen LogP contribution is 2.38. The van der Waals surface area contributed by atoms with E-state index in [9.17, 15) is 9.59 Å². The Balaban J connectivity index is 1.84. The standard InChI is InChI=1S/C26H36BN3O6/c1-17-12-13-19(22(29-17)23(28)31)20(16-33-6)24(32)30-21(14-15-34-18-10-8-7-9-11-18)27-35-25(2,3)26(4,5)36-27/h7-13,20-21H,14-16H2,1-6H3,(H2,28,31)(H,30,32)/t20-,21-/m0/s1. The first kappa shape index (κ1) is 27.6. The van der Waals surface area contributed by atoms with Crippen LogP contribution < -0.4 is 15.8 Å². The molecule has 0 spiro atoms. The maximum atomic E-state index is 13.6. The number of nitrogens with zero attached hydrogens (tertiary/aromatic N) is 1. The van der Waals surface area contributed by atoms with Gasteiger partial charge in [0.15, 0.2) is 0 Å². The van der Waals surface area contributed by atoms with Gasteiger partial charge in [-0.15, -0.1) is 0 Å². The molecule has 1 aromatic heterocycles. The van der Waals surface area contributed by atoms with Gasteiger partial charge in [0, 0.05) is 19.2 Å². The summed E-state index contributed by atoms with van der Waals surface area (Å²) in [6, 6.07) is 12.9. The van der Waals surface area contributed by atoms with Gasteiger partial charge in [-0.05, 0) is 58.4 Å². The van der Waals surface area contributed by atoms with Crippen LogP contribution in [0.5, 0.6) is 5.75 Å². The number of hydrogen-bond donors (Lipinski definition) is 2. The molecule has 1 aromatic carbocycles. The van der Waals surface area contributed by atoms with E-state index in [1.165, 1.54) is 7.11 Å². The minimum absolute atomic E-state index is 0.0352. The molecule has 1 aliphatic heterocycles. The summed E-state index contributed by atoms with van der Waals surface area (Å²) in [5.41, 5.74) is 5.49. The largest absolute Gasteiger partial charge is 0.494 e. The smallest absolute Gasteiger partial charge is 0.481 e. The Morgan fingerprint density at radius 1 is 1.08 bits per heavy atom. The van der Waals surface area contributed by atoms with E-state index in [2.05, 4.69) is 10.3 Å². The van der Waals surface area contributed by atoms with Crippen LogP contribution in [0.1, 0.15) is 61.8 Å². The van der Waals surface area contributed by atoms with Crippen LogP contribution in [0, 0.1) is 6.92 Å². The van der Waals surface area contributed by atoms with E-state index in [4.69, 9.17) is 24.5 Å². The molecule has 2 atom stereocenters. The van der Waals surface area contributed by atoms with Gasteiger partial charge >= 0.3 is 7.12 Å². The van der Waals surface area contributed by atoms with Gasteiger partial charge in [-0.1, -0.05) is 24.3 Å². The van der Waals surface area contributed by atoms with Crippen LogP contribution in [0.4, 0.5) is 0 Å². The first-order chi connectivity index (χ1) is 16.9. The minimum atomic E-state index is -0.814. The summed E-state index contributed by atoms with van der Waals surface area (Å²) < 4.78 is 23.7. The zero-order valence-corrected chi connectivity index (χ0v) is 21.9. The Kier molecular flexibility index (Phi) is 8.76. The highest BCUT2D eigenvalue weighted by atomic mass is 16.7. The van der Waals surface area contributed by atoms with Crippen LogP contribution in [0.25, 0.3) is 0 Å². The topological polar surface area (TPSA) is 122 Å². The molecule has 2 aromatic rings. The number of benzene rings is 1. The molecule has 3 N–H and O–H groups in total. The molecule has 10 heteroatoms. The molecule has 36 heavy (non-hydrogen) atoms. The number of rotatable bonds is 11. The van der Waals surface area contributed by atoms with E-state index in [-0.39, 0.29) is 18.2 Å². The van der Waals surface area contributed by atoms with Crippen molar-refractivity contribution < 1.29 is 28.4 Å². The third-order valence-electron chi connectivity index (χ3n) is 6.69. The zero-order valence-electron chi connectivity index (χ0n) is 21.9. The molecule has 0 radical (unpaired) electrons. The van der Waals surface area contributed by atoms with Gasteiger partial charge in [0.1, 0.15) is 11.4 Å². The Labute approximate surface area is 213 Å². The number of para-hydroxylation sites is 1. The number of methoxy groups -OCH3 is 1. The Hall–Kier alpha value is -2.95. The Bertz CT molecular complexity index is 1050. The molecule has 2 heterocycles. The van der Waals surface area contributed by atoms with Crippen molar-refractivity contribution in [2.24, 2.45) is 5.73 Å². The summed E-state index contributed by atoms with van der Waals surface area (Å²) in [4.78, 5) is 29.9. The van der Waals surface area contributed by atoms with Crippen molar-refractivity contribution in [2.45, 2.75) is 64.1 Å². The molecule has 1 aliphatic rings. The second-order valence-electron chi connectivity index (χ2n) is 9.95. The third-order valence-corrected chi connectivity index (χ3v) is 6.69. The first-order valence-electron chi connectivity index (χ1n) is 12.1. The molecule has 0 aliphatic carbocycles. The molecule has 3 rings (SSSR count). The number of pyridine rings is 1. The lowest BCUT2D eigenvalue weighted by atomic mass is 9.76. The van der Waals surface area contributed by atoms with Gasteiger partial charge in [0.05, 0.1) is 36.3 Å². The molecular weight excluding hydrogens is 461 g/mol. The summed E-state index contributed by atoms with van der Waals surface area (Å²) in [5.74, 6) is -1.68. The molecule has 2 amide bonds. The second-order valence-corrected chi connectivity index (χ2v) is 9.95. The summed E-state index contributed by atoms with van der Waals surface area (Å²) in [6.45, 7) is 9.94. The molecular formula is C26H36BN3O6. The number of aryl methyl sites for hydroxylation is 1. The molecule has 0 unspecified atom stereocenters. The number of nitrogens with one attached hydrogen (secondary N) is 1. The fourth-order valence-corrected chi connectivity index (χ4v) is 3.95. The van der Waals surface area contributed by atoms with Crippen molar-refractivity contribution >= 4 is 18.9 Å². The number of hydrogen-bond acceptors (Lipinski definition) is 7. The number of aromatic nitrogens is 1. The van der Waals surface area contributed by atoms with E-state index < -0.39 is 36.1 Å². The predicted molar refractivity (Wildman–Crippen MR) is 137 cm³/mol. The van der Waals surface area contributed by atoms with Crippen LogP contribution in [0.2, 0.25) is 0 Å². The van der Waals surface area contributed by atoms with Crippen molar-refractivity contribution in [2.75, 3.05) is 20.3 Å². The fraction of sp³-hybridized carbons (Fsp3) is 0.500. The molecule has 194 valence electrons. The van der Waals surface area contributed by atoms with E-state index in [0.717, 1.165) is 5.75 Å². The molecule has 9 nitrogen and oxygen atoms in total. The van der Waals surface area contributed by atoms with Crippen molar-refractivity contribution in [3.8, 4) is 5.75 Å². The van der Waals surface area contributed by atoms with Crippen LogP contribution in [-0.4, -0.2) is 61.4 Å². The molecule has 1 fully saturated rings. The number of carbonyl (C=O) groups excluding carboxylic acids is 2. The number of nitrogens with two attached hydrogens (primary N) is 1. The van der Waals surface area contributed by atoms with Crippen molar-refractivity contribution in [1.82, 2.24) is 10.3 Å². The zero-order chi connectivity index (χ0) is 26.5. The summed E-state index contributed by atoms with van der Waals surface area (Å²) in [6.07, 6.45) is 0.423. The lowest BCUT2D eigenvalue weighted by molar-refractivity contribution is -0.124. The SMILES string of the molecule is COC[C@H](C(=O)N[C@@H](CCOc1ccccc1)B1OC(C)(C)C(C)(C)O1)c1ccc(C)nc1C(N)=O. The maximum Gasteiger partial charge on any atom is 0.481 e. The quantitative estimate of drug-likeness (QED) is 0.458. The highest BCUT2D eigenvalue weighted by molar-refractivity contribution is 6.48. The van der Waals surface area contributed by atoms with Crippen molar-refractivity contribution in [3.63, 3.8) is 0 Å². The average Bonchev–Trinajstić information content (AvgIpc) is 3.04. The maximum absolute atomic E-state index is 13.6. The van der Waals surface area contributed by atoms with Crippen LogP contribution >= 0.6 is 0 Å². The van der Waals surface area contributed by atoms with E-state index in [1.54, 1.807) is 19.1 Å². The molecule has 0 saturated carbocycles. The summed E-state index contributed by atoms with van der Waals surface area (Å²) in [5, 5.41) is 3.06. The summed E-state index contributed by atoms with van der Waals surface area (Å²) >= 11 is 0. The third kappa shape index (κ3) is 6.43. The van der Waals surface area contributed by atoms with Gasteiger partial charge in [-0.25, -0.2) is 4.98 Å². The lowest BCUT2D eigenvalue weighted by Gasteiger charge is -2.32. The van der Waals surface area contributed by atoms with E-state index >= 15 is 0 Å². The Morgan fingerprint density at radius 2 is 1.72 bits per heavy atom. The van der Waals surface area contributed by atoms with E-state index in [1.807, 2.05) is 58.0 Å². The van der Waals surface area contributed by atoms with Gasteiger partial charge in [-0.3, -0.25) is 9.59 Å². The summed E-state index contributed by atoms with van der Waals surface area (Å²) in [7, 11) is 0.791. The Morgan fingerprint density at radius 3 is 2.31 bits per heavy atom.